The van der Waals surface area contributed by atoms with Crippen molar-refractivity contribution in [2.45, 2.75) is 0 Å². The highest BCUT2D eigenvalue weighted by Crippen LogP contribution is 2.32. The molecule has 2 aromatic carbocycles. The SMILES string of the molecule is Brc1ccc2sc(-c3ccc(-c4cnco4)cc3)nc2c1. The number of hydrogen-bond donors (Lipinski definition) is 0. The summed E-state index contributed by atoms with van der Waals surface area (Å²) >= 11 is 5.17. The Hall–Kier alpha value is -1.98. The van der Waals surface area contributed by atoms with Crippen LogP contribution < -0.4 is 0 Å². The highest BCUT2D eigenvalue weighted by Gasteiger charge is 2.08. The molecule has 0 unspecified atom stereocenters. The molecule has 0 radical (unpaired) electrons. The molecule has 0 N–H and O–H groups in total. The number of fused-ring (bicyclic) bond motifs is 1. The van der Waals surface area contributed by atoms with Crippen molar-refractivity contribution in [3.63, 3.8) is 0 Å². The average molecular weight is 357 g/mol. The van der Waals surface area contributed by atoms with Crippen molar-refractivity contribution in [2.75, 3.05) is 0 Å². The number of thiazole rings is 1. The Bertz CT molecular complexity index is 898. The second-order valence-corrected chi connectivity index (χ2v) is 6.52. The van der Waals surface area contributed by atoms with Gasteiger partial charge < -0.3 is 4.42 Å². The average Bonchev–Trinajstić information content (AvgIpc) is 3.16. The van der Waals surface area contributed by atoms with Gasteiger partial charge in [-0.3, -0.25) is 0 Å². The first-order valence-corrected chi connectivity index (χ1v) is 7.96. The van der Waals surface area contributed by atoms with Crippen molar-refractivity contribution >= 4 is 37.5 Å². The highest BCUT2D eigenvalue weighted by molar-refractivity contribution is 9.10. The summed E-state index contributed by atoms with van der Waals surface area (Å²) < 4.78 is 7.53. The van der Waals surface area contributed by atoms with Crippen LogP contribution in [-0.2, 0) is 0 Å². The Morgan fingerprint density at radius 1 is 1.00 bits per heavy atom. The Balaban J connectivity index is 1.74. The molecule has 4 aromatic rings. The summed E-state index contributed by atoms with van der Waals surface area (Å²) in [5, 5.41) is 1.02. The molecule has 2 aromatic heterocycles. The minimum Gasteiger partial charge on any atom is -0.444 e. The van der Waals surface area contributed by atoms with Gasteiger partial charge in [-0.15, -0.1) is 11.3 Å². The standard InChI is InChI=1S/C16H9BrN2OS/c17-12-5-6-15-13(7-12)19-16(21-15)11-3-1-10(2-4-11)14-8-18-9-20-14/h1-9H. The van der Waals surface area contributed by atoms with E-state index in [0.29, 0.717) is 0 Å². The van der Waals surface area contributed by atoms with Gasteiger partial charge in [0.2, 0.25) is 0 Å². The first-order chi connectivity index (χ1) is 10.3. The lowest BCUT2D eigenvalue weighted by molar-refractivity contribution is 0.572. The molecule has 0 fully saturated rings. The molecule has 4 rings (SSSR count). The largest absolute Gasteiger partial charge is 0.444 e. The smallest absolute Gasteiger partial charge is 0.181 e. The third-order valence-corrected chi connectivity index (χ3v) is 4.78. The van der Waals surface area contributed by atoms with Gasteiger partial charge in [0, 0.05) is 15.6 Å². The lowest BCUT2D eigenvalue weighted by Gasteiger charge is -1.98. The summed E-state index contributed by atoms with van der Waals surface area (Å²) in [4.78, 5) is 8.62. The van der Waals surface area contributed by atoms with Crippen LogP contribution in [0.5, 0.6) is 0 Å². The van der Waals surface area contributed by atoms with Gasteiger partial charge in [0.25, 0.3) is 0 Å². The van der Waals surface area contributed by atoms with Gasteiger partial charge in [0.15, 0.2) is 12.2 Å². The molecule has 5 heteroatoms. The summed E-state index contributed by atoms with van der Waals surface area (Å²) in [6.45, 7) is 0. The molecule has 0 bridgehead atoms. The molecule has 0 saturated heterocycles. The van der Waals surface area contributed by atoms with Crippen LogP contribution in [-0.4, -0.2) is 9.97 Å². The molecular weight excluding hydrogens is 348 g/mol. The van der Waals surface area contributed by atoms with Crippen LogP contribution in [0.1, 0.15) is 0 Å². The van der Waals surface area contributed by atoms with Crippen molar-refractivity contribution in [3.05, 3.63) is 59.5 Å². The van der Waals surface area contributed by atoms with E-state index in [1.165, 1.54) is 11.1 Å². The Labute approximate surface area is 133 Å². The second-order valence-electron chi connectivity index (χ2n) is 4.57. The molecular formula is C16H9BrN2OS. The van der Waals surface area contributed by atoms with Crippen molar-refractivity contribution in [1.29, 1.82) is 0 Å². The topological polar surface area (TPSA) is 38.9 Å². The minimum atomic E-state index is 0.773. The lowest BCUT2D eigenvalue weighted by atomic mass is 10.1. The Morgan fingerprint density at radius 2 is 1.81 bits per heavy atom. The van der Waals surface area contributed by atoms with Crippen molar-refractivity contribution < 1.29 is 4.42 Å². The molecule has 0 aliphatic carbocycles. The molecule has 0 saturated carbocycles. The van der Waals surface area contributed by atoms with E-state index in [1.807, 2.05) is 24.3 Å². The quantitative estimate of drug-likeness (QED) is 0.483. The maximum Gasteiger partial charge on any atom is 0.181 e. The van der Waals surface area contributed by atoms with Crippen molar-refractivity contribution in [3.8, 4) is 21.9 Å². The predicted octanol–water partition coefficient (Wildman–Crippen LogP) is 5.38. The van der Waals surface area contributed by atoms with E-state index in [1.54, 1.807) is 17.5 Å². The zero-order valence-electron chi connectivity index (χ0n) is 10.8. The first-order valence-electron chi connectivity index (χ1n) is 6.35. The van der Waals surface area contributed by atoms with Crippen LogP contribution in [0.4, 0.5) is 0 Å². The molecule has 0 atom stereocenters. The molecule has 0 aliphatic rings. The number of hydrogen-bond acceptors (Lipinski definition) is 4. The number of nitrogens with zero attached hydrogens (tertiary/aromatic N) is 2. The van der Waals surface area contributed by atoms with Crippen LogP contribution in [0.2, 0.25) is 0 Å². The van der Waals surface area contributed by atoms with Crippen LogP contribution in [0.15, 0.2) is 63.9 Å². The maximum atomic E-state index is 5.30. The highest BCUT2D eigenvalue weighted by atomic mass is 79.9. The molecule has 102 valence electrons. The van der Waals surface area contributed by atoms with Gasteiger partial charge in [0.1, 0.15) is 5.01 Å². The van der Waals surface area contributed by atoms with E-state index >= 15 is 0 Å². The normalized spacial score (nSPS) is 11.1. The van der Waals surface area contributed by atoms with Gasteiger partial charge in [-0.2, -0.15) is 0 Å². The number of benzene rings is 2. The van der Waals surface area contributed by atoms with Crippen molar-refractivity contribution in [2.24, 2.45) is 0 Å². The van der Waals surface area contributed by atoms with E-state index in [9.17, 15) is 0 Å². The summed E-state index contributed by atoms with van der Waals surface area (Å²) in [5.74, 6) is 0.773. The third kappa shape index (κ3) is 2.39. The molecule has 0 amide bonds. The van der Waals surface area contributed by atoms with Gasteiger partial charge in [-0.25, -0.2) is 9.97 Å². The monoisotopic (exact) mass is 356 g/mol. The zero-order valence-corrected chi connectivity index (χ0v) is 13.2. The second kappa shape index (κ2) is 5.09. The number of rotatable bonds is 2. The van der Waals surface area contributed by atoms with Gasteiger partial charge in [0.05, 0.1) is 16.4 Å². The Morgan fingerprint density at radius 3 is 2.57 bits per heavy atom. The number of oxazole rings is 1. The van der Waals surface area contributed by atoms with E-state index in [4.69, 9.17) is 4.42 Å². The first kappa shape index (κ1) is 12.7. The minimum absolute atomic E-state index is 0.773. The third-order valence-electron chi connectivity index (χ3n) is 3.20. The lowest BCUT2D eigenvalue weighted by Crippen LogP contribution is -1.78. The predicted molar refractivity (Wildman–Crippen MR) is 88.3 cm³/mol. The van der Waals surface area contributed by atoms with Crippen LogP contribution in [0, 0.1) is 0 Å². The molecule has 3 nitrogen and oxygen atoms in total. The summed E-state index contributed by atoms with van der Waals surface area (Å²) in [6.07, 6.45) is 3.15. The summed E-state index contributed by atoms with van der Waals surface area (Å²) in [6, 6.07) is 14.3. The number of aromatic nitrogens is 2. The molecule has 21 heavy (non-hydrogen) atoms. The number of halogens is 1. The van der Waals surface area contributed by atoms with E-state index < -0.39 is 0 Å². The fraction of sp³-hybridized carbons (Fsp3) is 0. The molecule has 0 spiro atoms. The van der Waals surface area contributed by atoms with E-state index in [2.05, 4.69) is 44.1 Å². The van der Waals surface area contributed by atoms with E-state index in [0.717, 1.165) is 31.9 Å². The van der Waals surface area contributed by atoms with Crippen LogP contribution >= 0.6 is 27.3 Å². The van der Waals surface area contributed by atoms with Gasteiger partial charge in [-0.1, -0.05) is 40.2 Å². The maximum absolute atomic E-state index is 5.30. The molecule has 2 heterocycles. The molecule has 0 aliphatic heterocycles. The Kier molecular flexibility index (Phi) is 3.09. The zero-order chi connectivity index (χ0) is 14.2. The fourth-order valence-corrected chi connectivity index (χ4v) is 3.46. The van der Waals surface area contributed by atoms with Crippen LogP contribution in [0.3, 0.4) is 0 Å². The van der Waals surface area contributed by atoms with Gasteiger partial charge in [-0.05, 0) is 18.2 Å². The van der Waals surface area contributed by atoms with Crippen LogP contribution in [0.25, 0.3) is 32.1 Å². The van der Waals surface area contributed by atoms with Crippen molar-refractivity contribution in [1.82, 2.24) is 9.97 Å². The van der Waals surface area contributed by atoms with E-state index in [-0.39, 0.29) is 0 Å². The fourth-order valence-electron chi connectivity index (χ4n) is 2.16. The summed E-state index contributed by atoms with van der Waals surface area (Å²) in [5.41, 5.74) is 3.14. The van der Waals surface area contributed by atoms with Gasteiger partial charge >= 0.3 is 0 Å². The summed E-state index contributed by atoms with van der Waals surface area (Å²) in [7, 11) is 0.